The minimum Gasteiger partial charge on any atom is -0.352 e. The molecule has 1 fully saturated rings. The van der Waals surface area contributed by atoms with Gasteiger partial charge in [0, 0.05) is 17.6 Å². The van der Waals surface area contributed by atoms with E-state index in [2.05, 4.69) is 5.32 Å². The maximum atomic E-state index is 14.2. The van der Waals surface area contributed by atoms with Crippen LogP contribution in [0, 0.1) is 6.92 Å². The van der Waals surface area contributed by atoms with Crippen molar-refractivity contribution in [1.82, 2.24) is 10.2 Å². The molecule has 0 unspecified atom stereocenters. The molecule has 41 heavy (non-hydrogen) atoms. The Hall–Kier alpha value is -3.07. The summed E-state index contributed by atoms with van der Waals surface area (Å²) in [6, 6.07) is 19.2. The highest BCUT2D eigenvalue weighted by Crippen LogP contribution is 2.33. The fourth-order valence-corrected chi connectivity index (χ4v) is 7.19. The number of aryl methyl sites for hydroxylation is 1. The molecule has 0 saturated heterocycles. The molecule has 7 nitrogen and oxygen atoms in total. The van der Waals surface area contributed by atoms with E-state index in [1.54, 1.807) is 18.2 Å². The van der Waals surface area contributed by atoms with Crippen LogP contribution in [0.15, 0.2) is 77.7 Å². The lowest BCUT2D eigenvalue weighted by Crippen LogP contribution is -2.53. The van der Waals surface area contributed by atoms with Crippen molar-refractivity contribution in [3.05, 3.63) is 94.0 Å². The highest BCUT2D eigenvalue weighted by atomic mass is 35.5. The van der Waals surface area contributed by atoms with E-state index in [0.717, 1.165) is 41.1 Å². The van der Waals surface area contributed by atoms with Crippen molar-refractivity contribution in [2.24, 2.45) is 0 Å². The number of rotatable bonds is 11. The number of sulfonamides is 1. The minimum atomic E-state index is -4.21. The summed E-state index contributed by atoms with van der Waals surface area (Å²) in [6.07, 6.45) is 4.30. The van der Waals surface area contributed by atoms with Crippen molar-refractivity contribution >= 4 is 50.7 Å². The van der Waals surface area contributed by atoms with Gasteiger partial charge in [0.25, 0.3) is 10.0 Å². The predicted molar refractivity (Wildman–Crippen MR) is 164 cm³/mol. The number of halogens is 2. The maximum absolute atomic E-state index is 14.2. The topological polar surface area (TPSA) is 86.8 Å². The molecule has 3 aromatic rings. The Balaban J connectivity index is 1.74. The number of benzene rings is 3. The molecular formula is C31H35Cl2N3O4S. The lowest BCUT2D eigenvalue weighted by atomic mass is 10.1. The first-order valence-electron chi connectivity index (χ1n) is 13.8. The third kappa shape index (κ3) is 7.42. The van der Waals surface area contributed by atoms with E-state index in [1.165, 1.54) is 35.2 Å². The van der Waals surface area contributed by atoms with Crippen LogP contribution in [0.4, 0.5) is 5.69 Å². The van der Waals surface area contributed by atoms with Gasteiger partial charge in [-0.3, -0.25) is 13.9 Å². The summed E-state index contributed by atoms with van der Waals surface area (Å²) < 4.78 is 28.9. The predicted octanol–water partition coefficient (Wildman–Crippen LogP) is 6.36. The molecular weight excluding hydrogens is 581 g/mol. The smallest absolute Gasteiger partial charge is 0.264 e. The minimum absolute atomic E-state index is 0.00953. The largest absolute Gasteiger partial charge is 0.352 e. The summed E-state index contributed by atoms with van der Waals surface area (Å²) in [5, 5.41) is 3.54. The molecule has 10 heteroatoms. The Labute approximate surface area is 252 Å². The quantitative estimate of drug-likeness (QED) is 0.272. The Morgan fingerprint density at radius 2 is 1.63 bits per heavy atom. The van der Waals surface area contributed by atoms with Crippen LogP contribution in [0.1, 0.15) is 50.2 Å². The molecule has 0 spiro atoms. The van der Waals surface area contributed by atoms with E-state index in [1.807, 2.05) is 38.1 Å². The van der Waals surface area contributed by atoms with Gasteiger partial charge in [0.1, 0.15) is 12.6 Å². The molecule has 3 aromatic carbocycles. The van der Waals surface area contributed by atoms with Crippen molar-refractivity contribution in [1.29, 1.82) is 0 Å². The molecule has 1 saturated carbocycles. The lowest BCUT2D eigenvalue weighted by molar-refractivity contribution is -0.140. The number of carbonyl (C=O) groups excluding carboxylic acids is 2. The molecule has 1 aliphatic carbocycles. The lowest BCUT2D eigenvalue weighted by Gasteiger charge is -2.34. The number of amides is 2. The molecule has 0 aromatic heterocycles. The van der Waals surface area contributed by atoms with Gasteiger partial charge in [-0.2, -0.15) is 0 Å². The first-order valence-corrected chi connectivity index (χ1v) is 16.0. The zero-order valence-electron chi connectivity index (χ0n) is 23.2. The number of hydrogen-bond acceptors (Lipinski definition) is 4. The zero-order valence-corrected chi connectivity index (χ0v) is 25.6. The molecule has 0 heterocycles. The van der Waals surface area contributed by atoms with Crippen LogP contribution in [0.25, 0.3) is 0 Å². The fourth-order valence-electron chi connectivity index (χ4n) is 5.17. The third-order valence-electron chi connectivity index (χ3n) is 7.48. The first kappa shape index (κ1) is 30.9. The van der Waals surface area contributed by atoms with Crippen molar-refractivity contribution in [2.75, 3.05) is 10.8 Å². The second-order valence-corrected chi connectivity index (χ2v) is 13.0. The van der Waals surface area contributed by atoms with Crippen LogP contribution in [-0.4, -0.2) is 43.8 Å². The first-order chi connectivity index (χ1) is 19.6. The number of nitrogens with zero attached hydrogens (tertiary/aromatic N) is 2. The molecule has 0 aliphatic heterocycles. The van der Waals surface area contributed by atoms with Crippen LogP contribution in [0.3, 0.4) is 0 Å². The van der Waals surface area contributed by atoms with Crippen molar-refractivity contribution in [3.8, 4) is 0 Å². The van der Waals surface area contributed by atoms with Crippen LogP contribution >= 0.6 is 23.2 Å². The van der Waals surface area contributed by atoms with Gasteiger partial charge < -0.3 is 10.2 Å². The van der Waals surface area contributed by atoms with Crippen LogP contribution < -0.4 is 9.62 Å². The Bertz CT molecular complexity index is 1480. The van der Waals surface area contributed by atoms with Gasteiger partial charge in [0.05, 0.1) is 15.6 Å². The molecule has 1 aliphatic rings. The molecule has 2 amide bonds. The van der Waals surface area contributed by atoms with Gasteiger partial charge in [-0.15, -0.1) is 0 Å². The normalized spacial score (nSPS) is 14.4. The van der Waals surface area contributed by atoms with E-state index in [-0.39, 0.29) is 34.1 Å². The van der Waals surface area contributed by atoms with Crippen LogP contribution in [0.2, 0.25) is 10.0 Å². The van der Waals surface area contributed by atoms with E-state index in [4.69, 9.17) is 23.2 Å². The van der Waals surface area contributed by atoms with Crippen molar-refractivity contribution in [2.45, 2.75) is 69.5 Å². The fraction of sp³-hybridized carbons (Fsp3) is 0.355. The second-order valence-electron chi connectivity index (χ2n) is 10.3. The average molecular weight is 617 g/mol. The summed E-state index contributed by atoms with van der Waals surface area (Å²) >= 11 is 12.6. The summed E-state index contributed by atoms with van der Waals surface area (Å²) in [5.74, 6) is -0.754. The number of nitrogens with one attached hydrogen (secondary N) is 1. The van der Waals surface area contributed by atoms with Gasteiger partial charge in [0.15, 0.2) is 0 Å². The van der Waals surface area contributed by atoms with E-state index < -0.39 is 28.5 Å². The monoisotopic (exact) mass is 615 g/mol. The highest BCUT2D eigenvalue weighted by molar-refractivity contribution is 7.92. The summed E-state index contributed by atoms with van der Waals surface area (Å²) in [5.41, 5.74) is 1.95. The Kier molecular flexibility index (Phi) is 10.3. The zero-order chi connectivity index (χ0) is 29.6. The number of carbonyl (C=O) groups is 2. The van der Waals surface area contributed by atoms with Crippen LogP contribution in [-0.2, 0) is 26.2 Å². The van der Waals surface area contributed by atoms with E-state index in [9.17, 15) is 18.0 Å². The summed E-state index contributed by atoms with van der Waals surface area (Å²) in [4.78, 5) is 29.3. The van der Waals surface area contributed by atoms with Crippen LogP contribution in [0.5, 0.6) is 0 Å². The van der Waals surface area contributed by atoms with Gasteiger partial charge in [0.2, 0.25) is 11.8 Å². The molecule has 1 atom stereocenters. The SMILES string of the molecule is CC[C@@H](C(=O)NC1CCCC1)N(Cc1ccccc1C)C(=O)CN(c1ccc(Cl)cc1Cl)S(=O)(=O)c1ccccc1. The third-order valence-corrected chi connectivity index (χ3v) is 9.79. The standard InChI is InChI=1S/C31H35Cl2N3O4S/c1-3-28(31(38)34-25-13-9-10-14-25)35(20-23-12-8-7-11-22(23)2)30(37)21-36(29-18-17-24(32)19-27(29)33)41(39,40)26-15-5-4-6-16-26/h4-8,11-12,15-19,25,28H,3,9-10,13-14,20-21H2,1-2H3,(H,34,38)/t28-/m0/s1. The summed E-state index contributed by atoms with van der Waals surface area (Å²) in [7, 11) is -4.21. The molecule has 0 radical (unpaired) electrons. The molecule has 218 valence electrons. The Morgan fingerprint density at radius 1 is 0.976 bits per heavy atom. The summed E-state index contributed by atoms with van der Waals surface area (Å²) in [6.45, 7) is 3.39. The molecule has 4 rings (SSSR count). The maximum Gasteiger partial charge on any atom is 0.264 e. The van der Waals surface area contributed by atoms with E-state index >= 15 is 0 Å². The van der Waals surface area contributed by atoms with E-state index in [0.29, 0.717) is 11.4 Å². The second kappa shape index (κ2) is 13.7. The Morgan fingerprint density at radius 3 is 2.27 bits per heavy atom. The molecule has 1 N–H and O–H groups in total. The van der Waals surface area contributed by atoms with Gasteiger partial charge in [-0.25, -0.2) is 8.42 Å². The van der Waals surface area contributed by atoms with Crippen molar-refractivity contribution in [3.63, 3.8) is 0 Å². The molecule has 0 bridgehead atoms. The number of hydrogen-bond donors (Lipinski definition) is 1. The number of anilines is 1. The highest BCUT2D eigenvalue weighted by Gasteiger charge is 2.35. The van der Waals surface area contributed by atoms with Gasteiger partial charge in [-0.05, 0) is 67.6 Å². The van der Waals surface area contributed by atoms with Crippen molar-refractivity contribution < 1.29 is 18.0 Å². The van der Waals surface area contributed by atoms with Gasteiger partial charge in [-0.1, -0.05) is 85.4 Å². The average Bonchev–Trinajstić information content (AvgIpc) is 3.46. The van der Waals surface area contributed by atoms with Gasteiger partial charge >= 0.3 is 0 Å².